The first-order valence-electron chi connectivity index (χ1n) is 6.10. The van der Waals surface area contributed by atoms with Crippen molar-refractivity contribution in [2.45, 2.75) is 38.1 Å². The van der Waals surface area contributed by atoms with Crippen LogP contribution in [0.15, 0.2) is 10.9 Å². The van der Waals surface area contributed by atoms with E-state index in [1.807, 2.05) is 0 Å². The molecule has 17 heavy (non-hydrogen) atoms. The molecule has 0 aliphatic heterocycles. The van der Waals surface area contributed by atoms with E-state index in [0.717, 1.165) is 12.8 Å². The summed E-state index contributed by atoms with van der Waals surface area (Å²) < 4.78 is 4.61. The van der Waals surface area contributed by atoms with Crippen molar-refractivity contribution < 1.29 is 9.32 Å². The monoisotopic (exact) mass is 238 g/mol. The largest absolute Gasteiger partial charge is 0.352 e. The zero-order chi connectivity index (χ0) is 11.9. The van der Waals surface area contributed by atoms with Gasteiger partial charge in [-0.1, -0.05) is 18.0 Å². The molecular formula is C11H18N4O2. The molecule has 1 fully saturated rings. The third kappa shape index (κ3) is 4.14. The molecule has 0 saturated heterocycles. The van der Waals surface area contributed by atoms with Crippen LogP contribution in [0.4, 0.5) is 0 Å². The van der Waals surface area contributed by atoms with Gasteiger partial charge in [-0.3, -0.25) is 4.79 Å². The summed E-state index contributed by atoms with van der Waals surface area (Å²) in [6.45, 7) is 1.03. The number of hydrogen-bond donors (Lipinski definition) is 2. The molecule has 0 bridgehead atoms. The van der Waals surface area contributed by atoms with Crippen molar-refractivity contribution in [3.05, 3.63) is 12.2 Å². The lowest BCUT2D eigenvalue weighted by Crippen LogP contribution is -2.39. The molecule has 6 heteroatoms. The van der Waals surface area contributed by atoms with Gasteiger partial charge in [0.25, 0.3) is 0 Å². The Balaban J connectivity index is 1.53. The van der Waals surface area contributed by atoms with Crippen LogP contribution in [-0.4, -0.2) is 35.2 Å². The van der Waals surface area contributed by atoms with Crippen molar-refractivity contribution in [3.8, 4) is 0 Å². The minimum atomic E-state index is 0.0741. The van der Waals surface area contributed by atoms with Gasteiger partial charge in [0.1, 0.15) is 0 Å². The van der Waals surface area contributed by atoms with Gasteiger partial charge < -0.3 is 15.2 Å². The molecule has 94 valence electrons. The van der Waals surface area contributed by atoms with Crippen molar-refractivity contribution >= 4 is 5.91 Å². The number of amides is 1. The molecule has 1 aliphatic carbocycles. The molecule has 0 unspecified atom stereocenters. The lowest BCUT2D eigenvalue weighted by atomic mass is 10.2. The quantitative estimate of drug-likeness (QED) is 0.695. The van der Waals surface area contributed by atoms with Crippen LogP contribution < -0.4 is 10.6 Å². The van der Waals surface area contributed by atoms with Crippen LogP contribution in [0.2, 0.25) is 0 Å². The smallest absolute Gasteiger partial charge is 0.234 e. The predicted octanol–water partition coefficient (Wildman–Crippen LogP) is 0.260. The predicted molar refractivity (Wildman–Crippen MR) is 61.3 cm³/mol. The van der Waals surface area contributed by atoms with Gasteiger partial charge in [0, 0.05) is 19.0 Å². The molecule has 1 aromatic rings. The summed E-state index contributed by atoms with van der Waals surface area (Å²) in [5.41, 5.74) is 0. The van der Waals surface area contributed by atoms with Crippen LogP contribution in [0.3, 0.4) is 0 Å². The van der Waals surface area contributed by atoms with E-state index in [1.54, 1.807) is 0 Å². The van der Waals surface area contributed by atoms with Gasteiger partial charge in [0.2, 0.25) is 12.3 Å². The number of carbonyl (C=O) groups excluding carboxylic acids is 1. The van der Waals surface area contributed by atoms with E-state index >= 15 is 0 Å². The molecule has 2 rings (SSSR count). The van der Waals surface area contributed by atoms with Gasteiger partial charge >= 0.3 is 0 Å². The molecule has 1 aromatic heterocycles. The Kier molecular flexibility index (Phi) is 4.49. The Morgan fingerprint density at radius 2 is 2.29 bits per heavy atom. The Morgan fingerprint density at radius 1 is 1.47 bits per heavy atom. The second kappa shape index (κ2) is 6.34. The van der Waals surface area contributed by atoms with Crippen LogP contribution in [0.5, 0.6) is 0 Å². The van der Waals surface area contributed by atoms with Crippen LogP contribution in [-0.2, 0) is 11.2 Å². The van der Waals surface area contributed by atoms with Gasteiger partial charge in [-0.05, 0) is 12.8 Å². The van der Waals surface area contributed by atoms with Crippen molar-refractivity contribution in [1.29, 1.82) is 0 Å². The summed E-state index contributed by atoms with van der Waals surface area (Å²) in [6.07, 6.45) is 6.69. The highest BCUT2D eigenvalue weighted by molar-refractivity contribution is 5.78. The topological polar surface area (TPSA) is 80.1 Å². The second-order valence-electron chi connectivity index (χ2n) is 4.32. The molecule has 1 aliphatic rings. The first-order chi connectivity index (χ1) is 8.34. The van der Waals surface area contributed by atoms with E-state index in [-0.39, 0.29) is 5.91 Å². The lowest BCUT2D eigenvalue weighted by molar-refractivity contribution is -0.120. The standard InChI is InChI=1S/C11H18N4O2/c16-11(14-9-3-1-2-4-9)7-12-6-5-10-13-8-17-15-10/h8-9,12H,1-7H2,(H,14,16). The maximum atomic E-state index is 11.5. The van der Waals surface area contributed by atoms with Gasteiger partial charge in [0.15, 0.2) is 5.82 Å². The van der Waals surface area contributed by atoms with Crippen molar-refractivity contribution in [1.82, 2.24) is 20.8 Å². The number of carbonyl (C=O) groups is 1. The van der Waals surface area contributed by atoms with E-state index in [2.05, 4.69) is 25.3 Å². The average Bonchev–Trinajstić information content (AvgIpc) is 2.96. The van der Waals surface area contributed by atoms with E-state index in [0.29, 0.717) is 31.4 Å². The fraction of sp³-hybridized carbons (Fsp3) is 0.727. The maximum absolute atomic E-state index is 11.5. The lowest BCUT2D eigenvalue weighted by Gasteiger charge is -2.11. The number of nitrogens with one attached hydrogen (secondary N) is 2. The van der Waals surface area contributed by atoms with Crippen LogP contribution >= 0.6 is 0 Å². The third-order valence-corrected chi connectivity index (χ3v) is 2.94. The molecule has 0 spiro atoms. The summed E-state index contributed by atoms with van der Waals surface area (Å²) in [5, 5.41) is 9.77. The fourth-order valence-electron chi connectivity index (χ4n) is 2.05. The summed E-state index contributed by atoms with van der Waals surface area (Å²) in [7, 11) is 0. The second-order valence-corrected chi connectivity index (χ2v) is 4.32. The van der Waals surface area contributed by atoms with Crippen molar-refractivity contribution in [3.63, 3.8) is 0 Å². The van der Waals surface area contributed by atoms with Crippen LogP contribution in [0.1, 0.15) is 31.5 Å². The molecule has 0 radical (unpaired) electrons. The molecule has 6 nitrogen and oxygen atoms in total. The summed E-state index contributed by atoms with van der Waals surface area (Å²) in [4.78, 5) is 15.4. The Bertz CT molecular complexity index is 333. The fourth-order valence-corrected chi connectivity index (χ4v) is 2.05. The minimum Gasteiger partial charge on any atom is -0.352 e. The Morgan fingerprint density at radius 3 is 3.00 bits per heavy atom. The van der Waals surface area contributed by atoms with Crippen LogP contribution in [0.25, 0.3) is 0 Å². The summed E-state index contributed by atoms with van der Waals surface area (Å²) >= 11 is 0. The van der Waals surface area contributed by atoms with E-state index in [1.165, 1.54) is 19.2 Å². The number of aromatic nitrogens is 2. The summed E-state index contributed by atoms with van der Waals surface area (Å²) in [5.74, 6) is 0.735. The van der Waals surface area contributed by atoms with Gasteiger partial charge in [-0.25, -0.2) is 0 Å². The number of rotatable bonds is 6. The highest BCUT2D eigenvalue weighted by Crippen LogP contribution is 2.17. The Hall–Kier alpha value is -1.43. The number of nitrogens with zero attached hydrogens (tertiary/aromatic N) is 2. The molecule has 2 N–H and O–H groups in total. The molecule has 1 heterocycles. The third-order valence-electron chi connectivity index (χ3n) is 2.94. The first-order valence-corrected chi connectivity index (χ1v) is 6.10. The zero-order valence-electron chi connectivity index (χ0n) is 9.82. The van der Waals surface area contributed by atoms with Gasteiger partial charge in [0.05, 0.1) is 6.54 Å². The molecule has 0 aromatic carbocycles. The molecular weight excluding hydrogens is 220 g/mol. The first kappa shape index (κ1) is 12.0. The van der Waals surface area contributed by atoms with E-state index < -0.39 is 0 Å². The number of hydrogen-bond acceptors (Lipinski definition) is 5. The highest BCUT2D eigenvalue weighted by Gasteiger charge is 2.16. The van der Waals surface area contributed by atoms with Gasteiger partial charge in [-0.2, -0.15) is 4.98 Å². The van der Waals surface area contributed by atoms with E-state index in [4.69, 9.17) is 0 Å². The van der Waals surface area contributed by atoms with Crippen molar-refractivity contribution in [2.24, 2.45) is 0 Å². The zero-order valence-corrected chi connectivity index (χ0v) is 9.82. The summed E-state index contributed by atoms with van der Waals surface area (Å²) in [6, 6.07) is 0.390. The van der Waals surface area contributed by atoms with Crippen molar-refractivity contribution in [2.75, 3.05) is 13.1 Å². The Labute approximate surface area is 100 Å². The highest BCUT2D eigenvalue weighted by atomic mass is 16.5. The average molecular weight is 238 g/mol. The SMILES string of the molecule is O=C(CNCCc1ncon1)NC1CCCC1. The normalized spacial score (nSPS) is 16.2. The minimum absolute atomic E-state index is 0.0741. The molecule has 0 atom stereocenters. The van der Waals surface area contributed by atoms with Crippen LogP contribution in [0, 0.1) is 0 Å². The van der Waals surface area contributed by atoms with E-state index in [9.17, 15) is 4.79 Å². The maximum Gasteiger partial charge on any atom is 0.234 e. The molecule has 1 saturated carbocycles. The molecule has 1 amide bonds. The van der Waals surface area contributed by atoms with Gasteiger partial charge in [-0.15, -0.1) is 0 Å².